The number of likely N-dealkylation sites (N-methyl/N-ethyl adjacent to an activating group) is 1. The zero-order chi connectivity index (χ0) is 27.7. The predicted octanol–water partition coefficient (Wildman–Crippen LogP) is 2.88. The summed E-state index contributed by atoms with van der Waals surface area (Å²) in [6, 6.07) is 13.8. The van der Waals surface area contributed by atoms with E-state index < -0.39 is 6.23 Å². The minimum atomic E-state index is -3.84. The minimum Gasteiger partial charge on any atom is -0.461 e. The van der Waals surface area contributed by atoms with Gasteiger partial charge in [0.25, 0.3) is 0 Å². The Hall–Kier alpha value is -4.88. The molecule has 0 atom stereocenters. The normalized spacial score (nSPS) is 16.7. The molecule has 12 nitrogen and oxygen atoms in total. The van der Waals surface area contributed by atoms with E-state index in [2.05, 4.69) is 20.0 Å². The monoisotopic (exact) mass is 533 g/mol. The van der Waals surface area contributed by atoms with Crippen molar-refractivity contribution in [3.8, 4) is 17.1 Å². The van der Waals surface area contributed by atoms with Gasteiger partial charge in [0.15, 0.2) is 11.7 Å². The van der Waals surface area contributed by atoms with Crippen molar-refractivity contribution < 1.29 is 28.9 Å². The van der Waals surface area contributed by atoms with E-state index in [1.54, 1.807) is 18.3 Å². The zero-order valence-electron chi connectivity index (χ0n) is 20.9. The molecule has 1 aromatic carbocycles. The number of nitrogens with one attached hydrogen (secondary N) is 2. The number of hydrogen-bond donors (Lipinski definition) is 4. The van der Waals surface area contributed by atoms with Gasteiger partial charge in [-0.25, -0.2) is 15.0 Å². The van der Waals surface area contributed by atoms with Gasteiger partial charge >= 0.3 is 12.2 Å². The Morgan fingerprint density at radius 1 is 1.18 bits per heavy atom. The number of ether oxygens (including phenoxy) is 2. The van der Waals surface area contributed by atoms with Crippen LogP contribution >= 0.6 is 0 Å². The highest BCUT2D eigenvalue weighted by atomic mass is 19.2. The molecule has 39 heavy (non-hydrogen) atoms. The van der Waals surface area contributed by atoms with Crippen molar-refractivity contribution in [2.24, 2.45) is 4.99 Å². The van der Waals surface area contributed by atoms with Crippen LogP contribution in [-0.4, -0.2) is 62.9 Å². The van der Waals surface area contributed by atoms with Crippen LogP contribution in [0.4, 0.5) is 21.6 Å². The molecule has 200 valence electrons. The number of fused-ring (bicyclic) bond motifs is 1. The van der Waals surface area contributed by atoms with Crippen molar-refractivity contribution in [2.75, 3.05) is 23.8 Å². The second-order valence-electron chi connectivity index (χ2n) is 8.73. The van der Waals surface area contributed by atoms with Gasteiger partial charge in [0.1, 0.15) is 18.1 Å². The smallest absolute Gasteiger partial charge is 0.461 e. The summed E-state index contributed by atoms with van der Waals surface area (Å²) in [5, 5.41) is 29.4. The first-order valence-corrected chi connectivity index (χ1v) is 11.8. The summed E-state index contributed by atoms with van der Waals surface area (Å²) in [7, 11) is 1.87. The summed E-state index contributed by atoms with van der Waals surface area (Å²) in [6.07, 6.45) is -0.806. The molecule has 0 saturated heterocycles. The number of nitrogens with zero attached hydrogens (tertiary/aromatic N) is 5. The second kappa shape index (κ2) is 10.1. The Balaban J connectivity index is 1.55. The van der Waals surface area contributed by atoms with Crippen LogP contribution in [0.25, 0.3) is 11.3 Å². The van der Waals surface area contributed by atoms with Gasteiger partial charge in [0.2, 0.25) is 5.88 Å². The highest BCUT2D eigenvalue weighted by Gasteiger charge is 2.33. The predicted molar refractivity (Wildman–Crippen MR) is 140 cm³/mol. The van der Waals surface area contributed by atoms with Crippen LogP contribution in [0.5, 0.6) is 5.88 Å². The van der Waals surface area contributed by atoms with Crippen molar-refractivity contribution >= 4 is 35.2 Å². The minimum absolute atomic E-state index is 0.0900. The zero-order valence-corrected chi connectivity index (χ0v) is 20.9. The third kappa shape index (κ3) is 5.54. The number of alkyl halides is 1. The lowest BCUT2D eigenvalue weighted by molar-refractivity contribution is -0.376. The Bertz CT molecular complexity index is 1480. The number of aromatic nitrogens is 2. The number of aliphatic imine (C=N–C) groups is 1. The van der Waals surface area contributed by atoms with Gasteiger partial charge in [-0.05, 0) is 35.9 Å². The first-order valence-electron chi connectivity index (χ1n) is 11.8. The van der Waals surface area contributed by atoms with Gasteiger partial charge in [-0.15, -0.1) is 4.39 Å². The Labute approximate surface area is 222 Å². The third-order valence-electron chi connectivity index (χ3n) is 5.87. The molecule has 0 amide bonds. The van der Waals surface area contributed by atoms with E-state index in [0.717, 1.165) is 11.3 Å². The summed E-state index contributed by atoms with van der Waals surface area (Å²) in [5.41, 5.74) is 3.91. The number of esters is 1. The molecule has 2 aliphatic heterocycles. The number of rotatable bonds is 6. The number of aliphatic hydroxyl groups is 2. The third-order valence-corrected chi connectivity index (χ3v) is 5.87. The highest BCUT2D eigenvalue weighted by Crippen LogP contribution is 2.43. The van der Waals surface area contributed by atoms with Crippen LogP contribution in [0.3, 0.4) is 0 Å². The number of pyridine rings is 2. The number of carbonyl (C=O) groups is 1. The summed E-state index contributed by atoms with van der Waals surface area (Å²) < 4.78 is 22.4. The molecule has 0 unspecified atom stereocenters. The topological polar surface area (TPSA) is 156 Å². The number of amidine groups is 1. The first kappa shape index (κ1) is 25.8. The van der Waals surface area contributed by atoms with Crippen molar-refractivity contribution in [1.82, 2.24) is 14.9 Å². The maximum Gasteiger partial charge on any atom is 0.493 e. The van der Waals surface area contributed by atoms with Gasteiger partial charge in [0, 0.05) is 43.7 Å². The first-order chi connectivity index (χ1) is 18.6. The van der Waals surface area contributed by atoms with Crippen LogP contribution in [0.1, 0.15) is 12.5 Å². The molecule has 0 saturated carbocycles. The lowest BCUT2D eigenvalue weighted by Crippen LogP contribution is -2.34. The van der Waals surface area contributed by atoms with Crippen LogP contribution in [-0.2, 0) is 16.1 Å². The Kier molecular flexibility index (Phi) is 6.68. The molecule has 0 radical (unpaired) electrons. The fraction of sp³-hybridized carbons (Fsp3) is 0.192. The van der Waals surface area contributed by atoms with E-state index in [0.29, 0.717) is 40.8 Å². The summed E-state index contributed by atoms with van der Waals surface area (Å²) in [5.74, 6) is 0.542. The lowest BCUT2D eigenvalue weighted by Gasteiger charge is -2.29. The van der Waals surface area contributed by atoms with E-state index in [1.165, 1.54) is 19.2 Å². The molecule has 2 aromatic heterocycles. The highest BCUT2D eigenvalue weighted by molar-refractivity contribution is 6.05. The van der Waals surface area contributed by atoms with Crippen LogP contribution in [0, 0.1) is 5.41 Å². The maximum absolute atomic E-state index is 13.0. The molecular formula is C26H24FN7O5. The molecule has 0 aliphatic carbocycles. The number of halogens is 1. The molecule has 0 spiro atoms. The van der Waals surface area contributed by atoms with E-state index in [4.69, 9.17) is 25.3 Å². The van der Waals surface area contributed by atoms with Crippen LogP contribution in [0.2, 0.25) is 0 Å². The van der Waals surface area contributed by atoms with E-state index in [-0.39, 0.29) is 24.3 Å². The molecule has 4 heterocycles. The molecule has 2 aliphatic rings. The Morgan fingerprint density at radius 3 is 2.59 bits per heavy atom. The van der Waals surface area contributed by atoms with Crippen LogP contribution in [0.15, 0.2) is 71.2 Å². The van der Waals surface area contributed by atoms with Gasteiger partial charge in [-0.2, -0.15) is 0 Å². The summed E-state index contributed by atoms with van der Waals surface area (Å²) in [6.45, 7) is 2.02. The number of hydrogen-bond acceptors (Lipinski definition) is 11. The average molecular weight is 534 g/mol. The van der Waals surface area contributed by atoms with E-state index in [1.807, 2.05) is 47.2 Å². The molecular weight excluding hydrogens is 509 g/mol. The van der Waals surface area contributed by atoms with Crippen LogP contribution < -0.4 is 15.0 Å². The molecule has 13 heteroatoms. The fourth-order valence-corrected chi connectivity index (χ4v) is 4.12. The van der Waals surface area contributed by atoms with Crippen molar-refractivity contribution in [2.45, 2.75) is 19.8 Å². The van der Waals surface area contributed by atoms with E-state index >= 15 is 0 Å². The molecule has 0 bridgehead atoms. The van der Waals surface area contributed by atoms with Gasteiger partial charge in [0.05, 0.1) is 17.9 Å². The van der Waals surface area contributed by atoms with Gasteiger partial charge < -0.3 is 29.9 Å². The number of anilines is 3. The number of benzene rings is 1. The second-order valence-corrected chi connectivity index (χ2v) is 8.73. The lowest BCUT2D eigenvalue weighted by atomic mass is 10.1. The SMILES string of the molecule is CC(=O)OCc1ccc(N2C(=C3C(=N)N=CCN3C)Nc3ccc(-c4ccc(OC(O)(O)F)nc4)nc32)cc1. The average Bonchev–Trinajstić information content (AvgIpc) is 3.25. The van der Waals surface area contributed by atoms with Gasteiger partial charge in [-0.3, -0.25) is 15.1 Å². The van der Waals surface area contributed by atoms with Gasteiger partial charge in [-0.1, -0.05) is 12.1 Å². The maximum atomic E-state index is 13.0. The molecule has 3 aromatic rings. The Morgan fingerprint density at radius 2 is 1.95 bits per heavy atom. The van der Waals surface area contributed by atoms with Crippen molar-refractivity contribution in [1.29, 1.82) is 5.41 Å². The standard InChI is InChI=1S/C26H24FN7O5/c1-15(35)38-14-16-3-6-18(7-4-16)34-24-20(32-25(34)22-23(28)29-11-12-33(22)2)9-8-19(31-24)17-5-10-21(30-13-17)39-26(27,36)37/h3-11,13,28,32,36-37H,12,14H2,1-2H3. The number of carbonyl (C=O) groups excluding carboxylic acids is 1. The summed E-state index contributed by atoms with van der Waals surface area (Å²) >= 11 is 0. The fourth-order valence-electron chi connectivity index (χ4n) is 4.12. The molecule has 4 N–H and O–H groups in total. The van der Waals surface area contributed by atoms with E-state index in [9.17, 15) is 9.18 Å². The van der Waals surface area contributed by atoms with Crippen molar-refractivity contribution in [3.63, 3.8) is 0 Å². The molecule has 5 rings (SSSR count). The quantitative estimate of drug-likeness (QED) is 0.274. The molecule has 0 fully saturated rings. The van der Waals surface area contributed by atoms with Crippen molar-refractivity contribution in [3.05, 3.63) is 71.8 Å². The summed E-state index contributed by atoms with van der Waals surface area (Å²) in [4.78, 5) is 27.9. The largest absolute Gasteiger partial charge is 0.493 e.